The molecule has 0 aliphatic heterocycles. The molecule has 1 aromatic rings. The predicted molar refractivity (Wildman–Crippen MR) is 62.5 cm³/mol. The van der Waals surface area contributed by atoms with Gasteiger partial charge in [0.25, 0.3) is 0 Å². The zero-order chi connectivity index (χ0) is 10.4. The first-order valence-electron chi connectivity index (χ1n) is 5.20. The van der Waals surface area contributed by atoms with E-state index in [9.17, 15) is 0 Å². The fraction of sp³-hybridized carbons (Fsp3) is 0.500. The lowest BCUT2D eigenvalue weighted by Gasteiger charge is -2.17. The summed E-state index contributed by atoms with van der Waals surface area (Å²) in [6.45, 7) is 2.17. The van der Waals surface area contributed by atoms with Crippen LogP contribution in [0.3, 0.4) is 0 Å². The van der Waals surface area contributed by atoms with E-state index in [1.807, 2.05) is 30.3 Å². The van der Waals surface area contributed by atoms with Crippen molar-refractivity contribution in [1.29, 1.82) is 0 Å². The number of hydrogen-bond acceptors (Lipinski definition) is 1. The van der Waals surface area contributed by atoms with E-state index in [-0.39, 0.29) is 11.4 Å². The van der Waals surface area contributed by atoms with Crippen molar-refractivity contribution in [2.75, 3.05) is 0 Å². The smallest absolute Gasteiger partial charge is 0.0736 e. The Bertz CT molecular complexity index is 248. The zero-order valence-corrected chi connectivity index (χ0v) is 9.37. The van der Waals surface area contributed by atoms with E-state index in [0.29, 0.717) is 0 Å². The third-order valence-corrected chi connectivity index (χ3v) is 2.96. The minimum Gasteiger partial charge on any atom is -0.326 e. The van der Waals surface area contributed by atoms with Crippen molar-refractivity contribution in [3.05, 3.63) is 35.9 Å². The van der Waals surface area contributed by atoms with Gasteiger partial charge in [-0.25, -0.2) is 0 Å². The molecule has 0 aliphatic rings. The topological polar surface area (TPSA) is 26.0 Å². The summed E-state index contributed by atoms with van der Waals surface area (Å²) in [5.41, 5.74) is 7.13. The Balaban J connectivity index is 2.52. The highest BCUT2D eigenvalue weighted by molar-refractivity contribution is 6.21. The van der Waals surface area contributed by atoms with E-state index in [4.69, 9.17) is 17.3 Å². The Hall–Kier alpha value is -0.530. The monoisotopic (exact) mass is 211 g/mol. The molecule has 2 unspecified atom stereocenters. The molecule has 0 bridgehead atoms. The highest BCUT2D eigenvalue weighted by Crippen LogP contribution is 2.25. The largest absolute Gasteiger partial charge is 0.326 e. The van der Waals surface area contributed by atoms with Crippen molar-refractivity contribution in [3.63, 3.8) is 0 Å². The standard InChI is InChI=1S/C12H18ClN/c1-2-3-9-11(14)12(13)10-7-5-4-6-8-10/h4-8,11-12H,2-3,9,14H2,1H3. The summed E-state index contributed by atoms with van der Waals surface area (Å²) in [7, 11) is 0. The van der Waals surface area contributed by atoms with Crippen LogP contribution in [0.5, 0.6) is 0 Å². The van der Waals surface area contributed by atoms with Gasteiger partial charge in [0.2, 0.25) is 0 Å². The van der Waals surface area contributed by atoms with E-state index < -0.39 is 0 Å². The van der Waals surface area contributed by atoms with Crippen molar-refractivity contribution >= 4 is 11.6 Å². The number of nitrogens with two attached hydrogens (primary N) is 1. The minimum atomic E-state index is -0.0530. The van der Waals surface area contributed by atoms with Crippen LogP contribution in [-0.2, 0) is 0 Å². The van der Waals surface area contributed by atoms with Crippen LogP contribution >= 0.6 is 11.6 Å². The molecule has 14 heavy (non-hydrogen) atoms. The molecule has 2 heteroatoms. The third kappa shape index (κ3) is 3.32. The quantitative estimate of drug-likeness (QED) is 0.742. The van der Waals surface area contributed by atoms with E-state index in [1.54, 1.807) is 0 Å². The van der Waals surface area contributed by atoms with Crippen molar-refractivity contribution in [1.82, 2.24) is 0 Å². The fourth-order valence-corrected chi connectivity index (χ4v) is 1.74. The van der Waals surface area contributed by atoms with Gasteiger partial charge >= 0.3 is 0 Å². The Labute approximate surface area is 91.3 Å². The Morgan fingerprint density at radius 3 is 2.50 bits per heavy atom. The first-order valence-corrected chi connectivity index (χ1v) is 5.64. The van der Waals surface area contributed by atoms with E-state index in [0.717, 1.165) is 18.4 Å². The van der Waals surface area contributed by atoms with Crippen LogP contribution in [0.2, 0.25) is 0 Å². The van der Waals surface area contributed by atoms with Gasteiger partial charge in [0.15, 0.2) is 0 Å². The van der Waals surface area contributed by atoms with Crippen LogP contribution < -0.4 is 5.73 Å². The average molecular weight is 212 g/mol. The van der Waals surface area contributed by atoms with Gasteiger partial charge in [-0.05, 0) is 12.0 Å². The van der Waals surface area contributed by atoms with Crippen molar-refractivity contribution < 1.29 is 0 Å². The zero-order valence-electron chi connectivity index (χ0n) is 8.62. The minimum absolute atomic E-state index is 0.0530. The maximum absolute atomic E-state index is 6.27. The van der Waals surface area contributed by atoms with E-state index in [2.05, 4.69) is 6.92 Å². The third-order valence-electron chi connectivity index (χ3n) is 2.38. The average Bonchev–Trinajstić information content (AvgIpc) is 2.26. The summed E-state index contributed by atoms with van der Waals surface area (Å²) in [5.74, 6) is 0. The molecule has 0 aliphatic carbocycles. The number of rotatable bonds is 5. The molecule has 1 rings (SSSR count). The molecule has 0 radical (unpaired) electrons. The number of hydrogen-bond donors (Lipinski definition) is 1. The number of alkyl halides is 1. The molecule has 0 heterocycles. The summed E-state index contributed by atoms with van der Waals surface area (Å²) in [6, 6.07) is 10.1. The molecule has 0 amide bonds. The molecule has 2 N–H and O–H groups in total. The van der Waals surface area contributed by atoms with Gasteiger partial charge in [0.05, 0.1) is 5.38 Å². The molecular formula is C12H18ClN. The summed E-state index contributed by atoms with van der Waals surface area (Å²) in [6.07, 6.45) is 3.32. The second-order valence-electron chi connectivity index (χ2n) is 3.62. The fourth-order valence-electron chi connectivity index (χ4n) is 1.47. The van der Waals surface area contributed by atoms with Crippen LogP contribution in [0.1, 0.15) is 37.1 Å². The van der Waals surface area contributed by atoms with Crippen LogP contribution in [0.15, 0.2) is 30.3 Å². The highest BCUT2D eigenvalue weighted by Gasteiger charge is 2.15. The number of halogens is 1. The molecule has 0 fully saturated rings. The highest BCUT2D eigenvalue weighted by atomic mass is 35.5. The SMILES string of the molecule is CCCCC(N)C(Cl)c1ccccc1. The lowest BCUT2D eigenvalue weighted by atomic mass is 10.0. The van der Waals surface area contributed by atoms with Crippen molar-refractivity contribution in [3.8, 4) is 0 Å². The summed E-state index contributed by atoms with van der Waals surface area (Å²) >= 11 is 6.27. The van der Waals surface area contributed by atoms with E-state index in [1.165, 1.54) is 6.42 Å². The van der Waals surface area contributed by atoms with Crippen LogP contribution in [0, 0.1) is 0 Å². The lowest BCUT2D eigenvalue weighted by molar-refractivity contribution is 0.561. The second-order valence-corrected chi connectivity index (χ2v) is 4.09. The molecule has 78 valence electrons. The van der Waals surface area contributed by atoms with Crippen LogP contribution in [-0.4, -0.2) is 6.04 Å². The van der Waals surface area contributed by atoms with Gasteiger partial charge in [0.1, 0.15) is 0 Å². The Kier molecular flexibility index (Phi) is 4.99. The molecule has 0 aromatic heterocycles. The van der Waals surface area contributed by atoms with Gasteiger partial charge < -0.3 is 5.73 Å². The molecular weight excluding hydrogens is 194 g/mol. The Morgan fingerprint density at radius 2 is 1.93 bits per heavy atom. The van der Waals surface area contributed by atoms with Crippen LogP contribution in [0.4, 0.5) is 0 Å². The van der Waals surface area contributed by atoms with E-state index >= 15 is 0 Å². The van der Waals surface area contributed by atoms with Crippen molar-refractivity contribution in [2.24, 2.45) is 5.73 Å². The molecule has 0 spiro atoms. The lowest BCUT2D eigenvalue weighted by Crippen LogP contribution is -2.25. The molecule has 2 atom stereocenters. The van der Waals surface area contributed by atoms with Crippen LogP contribution in [0.25, 0.3) is 0 Å². The first kappa shape index (κ1) is 11.5. The Morgan fingerprint density at radius 1 is 1.29 bits per heavy atom. The molecule has 0 saturated carbocycles. The van der Waals surface area contributed by atoms with Crippen molar-refractivity contribution in [2.45, 2.75) is 37.6 Å². The van der Waals surface area contributed by atoms with Gasteiger partial charge in [-0.15, -0.1) is 11.6 Å². The van der Waals surface area contributed by atoms with Gasteiger partial charge in [0, 0.05) is 6.04 Å². The molecule has 1 aromatic carbocycles. The predicted octanol–water partition coefficient (Wildman–Crippen LogP) is 3.48. The molecule has 0 saturated heterocycles. The number of unbranched alkanes of at least 4 members (excludes halogenated alkanes) is 1. The number of benzene rings is 1. The van der Waals surface area contributed by atoms with Gasteiger partial charge in [-0.1, -0.05) is 50.1 Å². The maximum atomic E-state index is 6.27. The summed E-state index contributed by atoms with van der Waals surface area (Å²) in [5, 5.41) is -0.0530. The first-order chi connectivity index (χ1) is 6.75. The summed E-state index contributed by atoms with van der Waals surface area (Å²) < 4.78 is 0. The maximum Gasteiger partial charge on any atom is 0.0736 e. The normalized spacial score (nSPS) is 15.1. The van der Waals surface area contributed by atoms with Gasteiger partial charge in [-0.2, -0.15) is 0 Å². The van der Waals surface area contributed by atoms with Gasteiger partial charge in [-0.3, -0.25) is 0 Å². The molecule has 1 nitrogen and oxygen atoms in total. The second kappa shape index (κ2) is 6.05. The summed E-state index contributed by atoms with van der Waals surface area (Å²) in [4.78, 5) is 0.